The summed E-state index contributed by atoms with van der Waals surface area (Å²) in [5, 5.41) is 1.57. The largest absolute Gasteiger partial charge is 0.444 e. The molecule has 59 heavy (non-hydrogen) atoms. The number of carbonyl (C=O) groups is 2. The number of carbonyl (C=O) groups excluding carboxylic acids is 2. The molecule has 8 rings (SSSR count). The van der Waals surface area contributed by atoms with E-state index in [4.69, 9.17) is 17.7 Å². The number of rotatable bonds is 2. The number of imidazole rings is 2. The van der Waals surface area contributed by atoms with E-state index in [1.54, 1.807) is 41.3 Å². The first kappa shape index (κ1) is 36.8. The predicted molar refractivity (Wildman–Crippen MR) is 248 cm³/mol. The van der Waals surface area contributed by atoms with Gasteiger partial charge in [0.25, 0.3) is 0 Å². The predicted octanol–water partition coefficient (Wildman–Crippen LogP) is 9.49. The molecule has 2 fully saturated rings. The van der Waals surface area contributed by atoms with Gasteiger partial charge in [-0.1, -0.05) is 54.5 Å². The Kier molecular flexibility index (Phi) is 11.2. The number of hydrogen-bond donors (Lipinski definition) is 1. The van der Waals surface area contributed by atoms with E-state index in [0.717, 1.165) is 42.8 Å². The molecule has 2 saturated heterocycles. The lowest BCUT2D eigenvalue weighted by Gasteiger charge is -2.34. The van der Waals surface area contributed by atoms with Crippen LogP contribution in [0.3, 0.4) is 0 Å². The van der Waals surface area contributed by atoms with Gasteiger partial charge in [0, 0.05) is 61.1 Å². The summed E-state index contributed by atoms with van der Waals surface area (Å²) in [4.78, 5) is 64.7. The molecular weight excluding hydrogens is 999 g/mol. The first-order valence-electron chi connectivity index (χ1n) is 22.1. The first-order chi connectivity index (χ1) is 30.1. The van der Waals surface area contributed by atoms with E-state index in [9.17, 15) is 19.2 Å². The fourth-order valence-corrected chi connectivity index (χ4v) is 8.37. The maximum absolute atomic E-state index is 13.5. The van der Waals surface area contributed by atoms with Crippen molar-refractivity contribution in [3.8, 4) is 0 Å². The van der Waals surface area contributed by atoms with Gasteiger partial charge < -0.3 is 24.3 Å². The molecule has 4 aromatic heterocycles. The summed E-state index contributed by atoms with van der Waals surface area (Å²) in [5.41, 5.74) is 1.76. The molecule has 1 N–H and O–H groups in total. The monoisotopic (exact) mass is 1050 g/mol. The maximum atomic E-state index is 13.5. The topological polar surface area (TPSA) is 150 Å². The van der Waals surface area contributed by atoms with Gasteiger partial charge in [-0.3, -0.25) is 23.7 Å². The Bertz CT molecular complexity index is 2860. The van der Waals surface area contributed by atoms with Crippen LogP contribution < -0.4 is 11.4 Å². The molecule has 2 amide bonds. The molecule has 2 unspecified atom stereocenters. The number of aryl methyl sites for hydroxylation is 1. The Morgan fingerprint density at radius 3 is 1.80 bits per heavy atom. The number of piperidine rings is 2. The third kappa shape index (κ3) is 9.82. The summed E-state index contributed by atoms with van der Waals surface area (Å²) in [6, 6.07) is 10.8. The molecule has 316 valence electrons. The fourth-order valence-electron chi connectivity index (χ4n) is 7.65. The highest BCUT2D eigenvalue weighted by molar-refractivity contribution is 14.1. The van der Waals surface area contributed by atoms with Gasteiger partial charge >= 0.3 is 23.6 Å². The van der Waals surface area contributed by atoms with E-state index < -0.39 is 34.8 Å². The summed E-state index contributed by atoms with van der Waals surface area (Å²) < 4.78 is 59.5. The van der Waals surface area contributed by atoms with Crippen molar-refractivity contribution in [2.24, 2.45) is 6.98 Å². The van der Waals surface area contributed by atoms with Gasteiger partial charge in [-0.15, -0.1) is 0 Å². The zero-order chi connectivity index (χ0) is 48.0. The van der Waals surface area contributed by atoms with Gasteiger partial charge in [-0.05, 0) is 108 Å². The molecule has 0 bridgehead atoms. The highest BCUT2D eigenvalue weighted by Gasteiger charge is 2.32. The fraction of sp³-hybridized carbons (Fsp3) is 0.476. The van der Waals surface area contributed by atoms with Gasteiger partial charge in [0.2, 0.25) is 0 Å². The van der Waals surface area contributed by atoms with Gasteiger partial charge in [0.15, 0.2) is 0 Å². The molecule has 0 radical (unpaired) electrons. The van der Waals surface area contributed by atoms with E-state index in [1.807, 2.05) is 57.2 Å². The second kappa shape index (κ2) is 17.9. The van der Waals surface area contributed by atoms with Gasteiger partial charge in [0.05, 0.1) is 57.6 Å². The van der Waals surface area contributed by atoms with E-state index in [0.29, 0.717) is 54.4 Å². The van der Waals surface area contributed by atoms with Crippen LogP contribution in [0.5, 0.6) is 0 Å². The Morgan fingerprint density at radius 2 is 1.29 bits per heavy atom. The zero-order valence-electron chi connectivity index (χ0n) is 39.6. The molecule has 2 atom stereocenters. The van der Waals surface area contributed by atoms with Gasteiger partial charge in [-0.25, -0.2) is 19.2 Å². The van der Waals surface area contributed by atoms with Crippen LogP contribution in [-0.4, -0.2) is 92.9 Å². The van der Waals surface area contributed by atoms with Crippen molar-refractivity contribution in [3.05, 3.63) is 78.7 Å². The number of nitrogens with zero attached hydrogens (tertiary/aromatic N) is 7. The number of alkyl halides is 1. The maximum Gasteiger partial charge on any atom is 0.410 e. The Balaban J connectivity index is 0.000000197. The summed E-state index contributed by atoms with van der Waals surface area (Å²) in [5.74, 6) is 0. The van der Waals surface area contributed by atoms with Crippen molar-refractivity contribution in [2.45, 2.75) is 90.5 Å². The summed E-state index contributed by atoms with van der Waals surface area (Å²) in [6.45, 7) is 10.2. The highest BCUT2D eigenvalue weighted by Crippen LogP contribution is 2.32. The molecule has 0 saturated carbocycles. The molecule has 0 aliphatic carbocycles. The minimum atomic E-state index is -2.67. The van der Waals surface area contributed by atoms with Crippen LogP contribution in [0.4, 0.5) is 9.59 Å². The zero-order valence-corrected chi connectivity index (χ0v) is 39.0. The number of H-pyrrole nitrogens is 1. The van der Waals surface area contributed by atoms with Crippen LogP contribution in [0, 0.1) is 0 Å². The van der Waals surface area contributed by atoms with Crippen LogP contribution in [0.1, 0.15) is 87.5 Å². The number of aromatic amines is 1. The number of hydrogen-bond acceptors (Lipinski definition) is 8. The van der Waals surface area contributed by atoms with Gasteiger partial charge in [0.1, 0.15) is 11.2 Å². The van der Waals surface area contributed by atoms with Crippen LogP contribution in [0.2, 0.25) is 0 Å². The molecule has 2 aliphatic heterocycles. The Morgan fingerprint density at radius 1 is 0.797 bits per heavy atom. The standard InChI is InChI=1S/C21H25BrN4O3.C20H23BrN4O3.CH3I/c1-21(2,3)29-20(28)25-9-5-6-14(12-25)26-18-15-10-13(22)7-8-16(15)23-11-17(18)24(4)19(26)27;1-20(2,3)28-19(27)24-8-4-5-13(11-24)25-17-14-9-12(21)6-7-15(14)22-10-16(17)23-18(25)26;1-2/h7-8,10-11,14H,5-6,9,12H2,1-4H3;6-7,9-10,13H,4-5,8,11H2,1-3H3,(H,23,26);1H3/i4D3;;1D3. The van der Waals surface area contributed by atoms with Crippen LogP contribution in [0.15, 0.2) is 67.3 Å². The molecule has 6 heterocycles. The Labute approximate surface area is 381 Å². The summed E-state index contributed by atoms with van der Waals surface area (Å²) >= 11 is 8.34. The number of amides is 2. The average molecular weight is 1060 g/mol. The molecule has 17 heteroatoms. The van der Waals surface area contributed by atoms with Crippen molar-refractivity contribution in [3.63, 3.8) is 0 Å². The molecule has 0 spiro atoms. The molecule has 14 nitrogen and oxygen atoms in total. The molecule has 2 aromatic carbocycles. The number of ether oxygens (including phenoxy) is 2. The SMILES string of the molecule is CC(C)(C)OC(=O)N1CCCC(n2c(=O)[nH]c3cnc4ccc(Br)cc4c32)C1.[2H]C([2H])([2H])I.[2H]C([2H])([2H])n1c(=O)n(C2CCCN(C(=O)OC(C)(C)C)C2)c2c3cc(Br)ccc3ncc21. The van der Waals surface area contributed by atoms with Crippen molar-refractivity contribution in [1.29, 1.82) is 0 Å². The highest BCUT2D eigenvalue weighted by atomic mass is 127. The van der Waals surface area contributed by atoms with Crippen LogP contribution >= 0.6 is 54.5 Å². The number of pyridine rings is 2. The minimum absolute atomic E-state index is 0.118. The van der Waals surface area contributed by atoms with Crippen molar-refractivity contribution < 1.29 is 27.3 Å². The second-order valence-corrected chi connectivity index (χ2v) is 18.4. The van der Waals surface area contributed by atoms with Crippen molar-refractivity contribution in [1.82, 2.24) is 38.5 Å². The van der Waals surface area contributed by atoms with Crippen LogP contribution in [-0.2, 0) is 16.4 Å². The molecule has 2 aliphatic rings. The average Bonchev–Trinajstić information content (AvgIpc) is 3.69. The molecular formula is C42H51Br2IN8O6. The van der Waals surface area contributed by atoms with Crippen molar-refractivity contribution in [2.75, 3.05) is 31.0 Å². The number of nitrogens with one attached hydrogen (secondary N) is 1. The molecule has 6 aromatic rings. The van der Waals surface area contributed by atoms with Crippen molar-refractivity contribution >= 4 is 111 Å². The third-order valence-electron chi connectivity index (χ3n) is 9.99. The van der Waals surface area contributed by atoms with E-state index in [-0.39, 0.29) is 35.9 Å². The quantitative estimate of drug-likeness (QED) is 0.133. The van der Waals surface area contributed by atoms with E-state index in [1.165, 1.54) is 33.4 Å². The van der Waals surface area contributed by atoms with E-state index in [2.05, 4.69) is 46.8 Å². The number of likely N-dealkylation sites (tertiary alicyclic amines) is 2. The number of fused-ring (bicyclic) bond motifs is 6. The smallest absolute Gasteiger partial charge is 0.410 e. The third-order valence-corrected chi connectivity index (χ3v) is 11.0. The normalized spacial score (nSPS) is 19.3. The lowest BCUT2D eigenvalue weighted by Crippen LogP contribution is -2.45. The lowest BCUT2D eigenvalue weighted by molar-refractivity contribution is 0.0163. The summed E-state index contributed by atoms with van der Waals surface area (Å²) in [6.07, 6.45) is 5.30. The van der Waals surface area contributed by atoms with E-state index >= 15 is 0 Å². The van der Waals surface area contributed by atoms with Crippen LogP contribution in [0.25, 0.3) is 43.9 Å². The minimum Gasteiger partial charge on any atom is -0.444 e. The Hall–Kier alpha value is -3.97. The second-order valence-electron chi connectivity index (χ2n) is 16.6. The van der Waals surface area contributed by atoms with Gasteiger partial charge in [-0.2, -0.15) is 0 Å². The number of benzene rings is 2. The first-order valence-corrected chi connectivity index (χ1v) is 21.8. The lowest BCUT2D eigenvalue weighted by atomic mass is 10.1. The number of halogens is 3. The number of aromatic nitrogens is 6. The summed E-state index contributed by atoms with van der Waals surface area (Å²) in [7, 11) is 0.